The number of rotatable bonds is 4. The van der Waals surface area contributed by atoms with E-state index in [4.69, 9.17) is 10.5 Å². The van der Waals surface area contributed by atoms with Crippen molar-refractivity contribution in [3.05, 3.63) is 53.1 Å². The Kier molecular flexibility index (Phi) is 4.43. The van der Waals surface area contributed by atoms with Crippen LogP contribution in [-0.2, 0) is 16.4 Å². The maximum atomic E-state index is 13.3. The van der Waals surface area contributed by atoms with E-state index in [0.717, 1.165) is 17.5 Å². The van der Waals surface area contributed by atoms with E-state index in [1.165, 1.54) is 11.4 Å². The predicted molar refractivity (Wildman–Crippen MR) is 95.5 cm³/mol. The summed E-state index contributed by atoms with van der Waals surface area (Å²) in [6, 6.07) is 9.99. The first-order valence-electron chi connectivity index (χ1n) is 7.94. The van der Waals surface area contributed by atoms with Gasteiger partial charge >= 0.3 is 0 Å². The van der Waals surface area contributed by atoms with Crippen LogP contribution in [0.1, 0.15) is 27.9 Å². The second-order valence-electron chi connectivity index (χ2n) is 6.04. The van der Waals surface area contributed by atoms with E-state index < -0.39 is 15.9 Å². The highest BCUT2D eigenvalue weighted by atomic mass is 32.2. The molecule has 1 aliphatic heterocycles. The largest absolute Gasteiger partial charge is 0.495 e. The Hall–Kier alpha value is -2.54. The van der Waals surface area contributed by atoms with Crippen LogP contribution in [0.5, 0.6) is 5.75 Å². The smallest absolute Gasteiger partial charge is 0.268 e. The minimum absolute atomic E-state index is 0.118. The van der Waals surface area contributed by atoms with Gasteiger partial charge < -0.3 is 10.5 Å². The summed E-state index contributed by atoms with van der Waals surface area (Å²) in [5, 5.41) is 0. The molecule has 0 radical (unpaired) electrons. The summed E-state index contributed by atoms with van der Waals surface area (Å²) in [5.74, 6) is -0.289. The Labute approximate surface area is 147 Å². The van der Waals surface area contributed by atoms with Gasteiger partial charge in [-0.15, -0.1) is 0 Å². The number of carbonyl (C=O) groups is 1. The third kappa shape index (κ3) is 3.07. The molecule has 25 heavy (non-hydrogen) atoms. The fourth-order valence-electron chi connectivity index (χ4n) is 3.05. The van der Waals surface area contributed by atoms with Crippen molar-refractivity contribution in [3.8, 4) is 5.75 Å². The molecule has 0 unspecified atom stereocenters. The van der Waals surface area contributed by atoms with E-state index in [0.29, 0.717) is 24.4 Å². The molecule has 0 aromatic heterocycles. The van der Waals surface area contributed by atoms with Crippen LogP contribution in [0.2, 0.25) is 0 Å². The molecular formula is C18H20N2O4S. The highest BCUT2D eigenvalue weighted by molar-refractivity contribution is 7.93. The van der Waals surface area contributed by atoms with E-state index >= 15 is 0 Å². The molecule has 0 spiro atoms. The number of primary amides is 1. The molecule has 1 heterocycles. The summed E-state index contributed by atoms with van der Waals surface area (Å²) in [4.78, 5) is 11.6. The van der Waals surface area contributed by atoms with E-state index in [2.05, 4.69) is 0 Å². The number of aryl methyl sites for hydroxylation is 2. The van der Waals surface area contributed by atoms with Gasteiger partial charge in [-0.05, 0) is 55.2 Å². The van der Waals surface area contributed by atoms with Gasteiger partial charge in [-0.25, -0.2) is 8.42 Å². The Morgan fingerprint density at radius 3 is 2.64 bits per heavy atom. The molecule has 1 aliphatic rings. The van der Waals surface area contributed by atoms with E-state index in [1.54, 1.807) is 36.4 Å². The van der Waals surface area contributed by atoms with Crippen LogP contribution in [0, 0.1) is 6.92 Å². The van der Waals surface area contributed by atoms with Gasteiger partial charge in [-0.3, -0.25) is 9.10 Å². The number of anilines is 1. The first kappa shape index (κ1) is 17.3. The lowest BCUT2D eigenvalue weighted by Gasteiger charge is -2.31. The Morgan fingerprint density at radius 1 is 1.20 bits per heavy atom. The summed E-state index contributed by atoms with van der Waals surface area (Å²) in [5.41, 5.74) is 7.85. The zero-order valence-electron chi connectivity index (χ0n) is 14.2. The normalized spacial score (nSPS) is 14.1. The lowest BCUT2D eigenvalue weighted by molar-refractivity contribution is 0.100. The number of methoxy groups -OCH3 is 1. The number of hydrogen-bond donors (Lipinski definition) is 1. The fourth-order valence-corrected chi connectivity index (χ4v) is 4.82. The zero-order valence-corrected chi connectivity index (χ0v) is 15.0. The van der Waals surface area contributed by atoms with Crippen molar-refractivity contribution in [2.45, 2.75) is 24.7 Å². The maximum Gasteiger partial charge on any atom is 0.268 e. The summed E-state index contributed by atoms with van der Waals surface area (Å²) in [7, 11) is -2.38. The minimum atomic E-state index is -3.83. The molecular weight excluding hydrogens is 340 g/mol. The minimum Gasteiger partial charge on any atom is -0.495 e. The van der Waals surface area contributed by atoms with Crippen LogP contribution in [0.15, 0.2) is 41.3 Å². The maximum absolute atomic E-state index is 13.3. The van der Waals surface area contributed by atoms with Crippen LogP contribution in [0.25, 0.3) is 0 Å². The van der Waals surface area contributed by atoms with Crippen molar-refractivity contribution in [2.75, 3.05) is 18.0 Å². The van der Waals surface area contributed by atoms with E-state index in [9.17, 15) is 13.2 Å². The molecule has 3 rings (SSSR count). The highest BCUT2D eigenvalue weighted by Gasteiger charge is 2.32. The topological polar surface area (TPSA) is 89.7 Å². The lowest BCUT2D eigenvalue weighted by Crippen LogP contribution is -2.36. The number of ether oxygens (including phenoxy) is 1. The highest BCUT2D eigenvalue weighted by Crippen LogP contribution is 2.35. The van der Waals surface area contributed by atoms with Crippen LogP contribution >= 0.6 is 0 Å². The second-order valence-corrected chi connectivity index (χ2v) is 7.87. The molecule has 0 aliphatic carbocycles. The Balaban J connectivity index is 2.16. The molecule has 2 aromatic rings. The Morgan fingerprint density at radius 2 is 1.96 bits per heavy atom. The van der Waals surface area contributed by atoms with Crippen molar-refractivity contribution in [3.63, 3.8) is 0 Å². The molecule has 2 aromatic carbocycles. The average molecular weight is 360 g/mol. The van der Waals surface area contributed by atoms with Gasteiger partial charge in [0.05, 0.1) is 12.8 Å². The van der Waals surface area contributed by atoms with Gasteiger partial charge in [-0.1, -0.05) is 12.1 Å². The van der Waals surface area contributed by atoms with Gasteiger partial charge in [0.1, 0.15) is 10.6 Å². The number of nitrogens with zero attached hydrogens (tertiary/aromatic N) is 1. The van der Waals surface area contributed by atoms with E-state index in [-0.39, 0.29) is 10.5 Å². The first-order valence-corrected chi connectivity index (χ1v) is 9.38. The fraction of sp³-hybridized carbons (Fsp3) is 0.278. The molecule has 0 atom stereocenters. The molecule has 0 fully saturated rings. The van der Waals surface area contributed by atoms with Gasteiger partial charge in [0.2, 0.25) is 5.91 Å². The molecule has 0 saturated carbocycles. The number of amides is 1. The third-order valence-electron chi connectivity index (χ3n) is 4.33. The number of benzene rings is 2. The van der Waals surface area contributed by atoms with Crippen LogP contribution in [-0.4, -0.2) is 28.0 Å². The van der Waals surface area contributed by atoms with Gasteiger partial charge in [0.25, 0.3) is 10.0 Å². The molecule has 6 nitrogen and oxygen atoms in total. The van der Waals surface area contributed by atoms with Crippen LogP contribution < -0.4 is 14.8 Å². The van der Waals surface area contributed by atoms with Crippen molar-refractivity contribution in [2.24, 2.45) is 5.73 Å². The van der Waals surface area contributed by atoms with Gasteiger partial charge in [-0.2, -0.15) is 0 Å². The number of hydrogen-bond acceptors (Lipinski definition) is 4. The van der Waals surface area contributed by atoms with Crippen molar-refractivity contribution < 1.29 is 17.9 Å². The third-order valence-corrected chi connectivity index (χ3v) is 6.17. The van der Waals surface area contributed by atoms with E-state index in [1.807, 2.05) is 6.92 Å². The summed E-state index contributed by atoms with van der Waals surface area (Å²) >= 11 is 0. The zero-order chi connectivity index (χ0) is 18.2. The first-order chi connectivity index (χ1) is 11.8. The van der Waals surface area contributed by atoms with Crippen molar-refractivity contribution in [1.82, 2.24) is 0 Å². The molecule has 1 amide bonds. The Bertz CT molecular complexity index is 938. The average Bonchev–Trinajstić information content (AvgIpc) is 2.60. The summed E-state index contributed by atoms with van der Waals surface area (Å²) < 4.78 is 33.2. The van der Waals surface area contributed by atoms with Crippen LogP contribution in [0.4, 0.5) is 5.69 Å². The number of carbonyl (C=O) groups excluding carboxylic acids is 1. The van der Waals surface area contributed by atoms with Crippen molar-refractivity contribution >= 4 is 21.6 Å². The number of nitrogens with two attached hydrogens (primary N) is 1. The molecule has 0 bridgehead atoms. The van der Waals surface area contributed by atoms with Gasteiger partial charge in [0.15, 0.2) is 0 Å². The SMILES string of the molecule is COc1ccc(C)cc1S(=O)(=O)N1CCCc2ccc(C(N)=O)cc21. The van der Waals surface area contributed by atoms with Crippen molar-refractivity contribution in [1.29, 1.82) is 0 Å². The monoisotopic (exact) mass is 360 g/mol. The number of fused-ring (bicyclic) bond motifs is 1. The molecule has 0 saturated heterocycles. The molecule has 2 N–H and O–H groups in total. The standard InChI is InChI=1S/C18H20N2O4S/c1-12-5-8-16(24-2)17(10-12)25(22,23)20-9-3-4-13-6-7-14(18(19)21)11-15(13)20/h5-8,10-11H,3-4,9H2,1-2H3,(H2,19,21). The lowest BCUT2D eigenvalue weighted by atomic mass is 10.0. The van der Waals surface area contributed by atoms with Gasteiger partial charge in [0, 0.05) is 12.1 Å². The molecule has 7 heteroatoms. The number of sulfonamides is 1. The predicted octanol–water partition coefficient (Wildman–Crippen LogP) is 2.24. The van der Waals surface area contributed by atoms with Crippen LogP contribution in [0.3, 0.4) is 0 Å². The molecule has 132 valence electrons. The summed E-state index contributed by atoms with van der Waals surface area (Å²) in [6.45, 7) is 2.17. The second kappa shape index (κ2) is 6.40. The summed E-state index contributed by atoms with van der Waals surface area (Å²) in [6.07, 6.45) is 1.46. The quantitative estimate of drug-likeness (QED) is 0.905.